The Morgan fingerprint density at radius 3 is 2.81 bits per heavy atom. The molecule has 0 saturated carbocycles. The lowest BCUT2D eigenvalue weighted by molar-refractivity contribution is 0.530. The van der Waals surface area contributed by atoms with Gasteiger partial charge in [0, 0.05) is 6.04 Å². The third-order valence-corrected chi connectivity index (χ3v) is 4.49. The number of aromatic nitrogens is 2. The van der Waals surface area contributed by atoms with Crippen LogP contribution in [0.4, 0.5) is 4.39 Å². The molecule has 0 amide bonds. The SMILES string of the molecule is CCCNC(Cc1ccc(F)cc1C)c1snnc1CC. The lowest BCUT2D eigenvalue weighted by atomic mass is 9.99. The lowest BCUT2D eigenvalue weighted by Gasteiger charge is -2.19. The molecule has 1 aromatic heterocycles. The number of hydrogen-bond acceptors (Lipinski definition) is 4. The minimum Gasteiger partial charge on any atom is -0.309 e. The molecule has 0 bridgehead atoms. The van der Waals surface area contributed by atoms with Gasteiger partial charge in [0.15, 0.2) is 0 Å². The normalized spacial score (nSPS) is 12.6. The molecule has 0 radical (unpaired) electrons. The van der Waals surface area contributed by atoms with Crippen LogP contribution in [0.2, 0.25) is 0 Å². The molecule has 2 aromatic rings. The maximum Gasteiger partial charge on any atom is 0.123 e. The van der Waals surface area contributed by atoms with Gasteiger partial charge in [0.25, 0.3) is 0 Å². The fourth-order valence-corrected chi connectivity index (χ4v) is 3.22. The number of benzene rings is 1. The highest BCUT2D eigenvalue weighted by molar-refractivity contribution is 7.05. The summed E-state index contributed by atoms with van der Waals surface area (Å²) in [4.78, 5) is 1.20. The Kier molecular flexibility index (Phi) is 5.82. The van der Waals surface area contributed by atoms with Gasteiger partial charge in [0.05, 0.1) is 10.6 Å². The third-order valence-electron chi connectivity index (χ3n) is 3.61. The fraction of sp³-hybridized carbons (Fsp3) is 0.500. The van der Waals surface area contributed by atoms with Crippen molar-refractivity contribution in [3.8, 4) is 0 Å². The van der Waals surface area contributed by atoms with Crippen LogP contribution in [0.25, 0.3) is 0 Å². The maximum absolute atomic E-state index is 13.2. The predicted molar refractivity (Wildman–Crippen MR) is 85.2 cm³/mol. The van der Waals surface area contributed by atoms with Gasteiger partial charge in [-0.1, -0.05) is 24.4 Å². The largest absolute Gasteiger partial charge is 0.309 e. The van der Waals surface area contributed by atoms with E-state index in [2.05, 4.69) is 28.8 Å². The highest BCUT2D eigenvalue weighted by Gasteiger charge is 2.19. The maximum atomic E-state index is 13.2. The van der Waals surface area contributed by atoms with Gasteiger partial charge < -0.3 is 5.32 Å². The number of nitrogens with one attached hydrogen (secondary N) is 1. The van der Waals surface area contributed by atoms with Crippen LogP contribution in [0.5, 0.6) is 0 Å². The first kappa shape index (κ1) is 16.0. The predicted octanol–water partition coefficient (Wildman–Crippen LogP) is 3.83. The second-order valence-electron chi connectivity index (χ2n) is 5.22. The van der Waals surface area contributed by atoms with E-state index >= 15 is 0 Å². The van der Waals surface area contributed by atoms with Gasteiger partial charge in [0.1, 0.15) is 5.82 Å². The summed E-state index contributed by atoms with van der Waals surface area (Å²) in [7, 11) is 0. The lowest BCUT2D eigenvalue weighted by Crippen LogP contribution is -2.24. The molecule has 0 saturated heterocycles. The van der Waals surface area contributed by atoms with E-state index in [0.717, 1.165) is 37.1 Å². The zero-order chi connectivity index (χ0) is 15.2. The minimum atomic E-state index is -0.178. The molecule has 1 aromatic carbocycles. The van der Waals surface area contributed by atoms with Gasteiger partial charge in [-0.25, -0.2) is 4.39 Å². The molecular weight excluding hydrogens is 285 g/mol. The number of rotatable bonds is 7. The zero-order valence-electron chi connectivity index (χ0n) is 12.8. The summed E-state index contributed by atoms with van der Waals surface area (Å²) in [6.07, 6.45) is 2.80. The molecule has 0 fully saturated rings. The summed E-state index contributed by atoms with van der Waals surface area (Å²) in [5.41, 5.74) is 3.22. The Balaban J connectivity index is 2.24. The van der Waals surface area contributed by atoms with Crippen LogP contribution in [-0.4, -0.2) is 16.1 Å². The molecule has 1 unspecified atom stereocenters. The van der Waals surface area contributed by atoms with E-state index in [0.29, 0.717) is 0 Å². The second kappa shape index (κ2) is 7.61. The average molecular weight is 307 g/mol. The first-order chi connectivity index (χ1) is 10.2. The Morgan fingerprint density at radius 1 is 1.33 bits per heavy atom. The Bertz CT molecular complexity index is 583. The van der Waals surface area contributed by atoms with Crippen molar-refractivity contribution in [3.05, 3.63) is 45.7 Å². The molecule has 0 aliphatic carbocycles. The van der Waals surface area contributed by atoms with Crippen molar-refractivity contribution >= 4 is 11.5 Å². The number of nitrogens with zero attached hydrogens (tertiary/aromatic N) is 2. The van der Waals surface area contributed by atoms with E-state index in [9.17, 15) is 4.39 Å². The van der Waals surface area contributed by atoms with Crippen molar-refractivity contribution in [2.45, 2.75) is 46.1 Å². The summed E-state index contributed by atoms with van der Waals surface area (Å²) in [6, 6.07) is 5.21. The molecule has 0 spiro atoms. The molecule has 0 aliphatic heterocycles. The Morgan fingerprint density at radius 2 is 2.14 bits per heavy atom. The molecule has 2 rings (SSSR count). The smallest absolute Gasteiger partial charge is 0.123 e. The minimum absolute atomic E-state index is 0.178. The fourth-order valence-electron chi connectivity index (χ4n) is 2.41. The summed E-state index contributed by atoms with van der Waals surface area (Å²) in [5, 5.41) is 7.78. The molecule has 0 aliphatic rings. The third kappa shape index (κ3) is 4.08. The van der Waals surface area contributed by atoms with Gasteiger partial charge >= 0.3 is 0 Å². The first-order valence-corrected chi connectivity index (χ1v) is 8.22. The van der Waals surface area contributed by atoms with E-state index in [1.807, 2.05) is 13.0 Å². The van der Waals surface area contributed by atoms with Crippen LogP contribution in [0.15, 0.2) is 18.2 Å². The first-order valence-electron chi connectivity index (χ1n) is 7.45. The Hall–Kier alpha value is -1.33. The van der Waals surface area contributed by atoms with E-state index in [-0.39, 0.29) is 11.9 Å². The van der Waals surface area contributed by atoms with E-state index in [1.165, 1.54) is 28.0 Å². The van der Waals surface area contributed by atoms with Crippen molar-refractivity contribution in [2.75, 3.05) is 6.54 Å². The molecule has 1 heterocycles. The summed E-state index contributed by atoms with van der Waals surface area (Å²) in [5.74, 6) is -0.178. The van der Waals surface area contributed by atoms with Gasteiger partial charge in [-0.05, 0) is 67.5 Å². The van der Waals surface area contributed by atoms with Crippen LogP contribution >= 0.6 is 11.5 Å². The van der Waals surface area contributed by atoms with Gasteiger partial charge in [-0.3, -0.25) is 0 Å². The molecular formula is C16H22FN3S. The van der Waals surface area contributed by atoms with Gasteiger partial charge in [-0.15, -0.1) is 5.10 Å². The average Bonchev–Trinajstić information content (AvgIpc) is 2.94. The summed E-state index contributed by atoms with van der Waals surface area (Å²) < 4.78 is 17.3. The van der Waals surface area contributed by atoms with Crippen LogP contribution < -0.4 is 5.32 Å². The number of hydrogen-bond donors (Lipinski definition) is 1. The quantitative estimate of drug-likeness (QED) is 0.844. The van der Waals surface area contributed by atoms with Crippen molar-refractivity contribution in [1.29, 1.82) is 0 Å². The van der Waals surface area contributed by atoms with E-state index in [1.54, 1.807) is 6.07 Å². The van der Waals surface area contributed by atoms with Crippen LogP contribution in [0, 0.1) is 12.7 Å². The monoisotopic (exact) mass is 307 g/mol. The molecule has 5 heteroatoms. The number of aryl methyl sites for hydroxylation is 2. The molecule has 21 heavy (non-hydrogen) atoms. The molecule has 114 valence electrons. The van der Waals surface area contributed by atoms with Crippen molar-refractivity contribution in [1.82, 2.24) is 14.9 Å². The molecule has 3 nitrogen and oxygen atoms in total. The zero-order valence-corrected chi connectivity index (χ0v) is 13.6. The van der Waals surface area contributed by atoms with E-state index < -0.39 is 0 Å². The number of halogens is 1. The van der Waals surface area contributed by atoms with Gasteiger partial charge in [-0.2, -0.15) is 0 Å². The van der Waals surface area contributed by atoms with Crippen LogP contribution in [0.1, 0.15) is 48.0 Å². The summed E-state index contributed by atoms with van der Waals surface area (Å²) in [6.45, 7) is 7.16. The Labute approximate surface area is 129 Å². The van der Waals surface area contributed by atoms with Crippen molar-refractivity contribution in [3.63, 3.8) is 0 Å². The molecule has 1 atom stereocenters. The van der Waals surface area contributed by atoms with Gasteiger partial charge in [0.2, 0.25) is 0 Å². The van der Waals surface area contributed by atoms with E-state index in [4.69, 9.17) is 0 Å². The topological polar surface area (TPSA) is 37.8 Å². The van der Waals surface area contributed by atoms with Crippen molar-refractivity contribution < 1.29 is 4.39 Å². The van der Waals surface area contributed by atoms with Crippen LogP contribution in [0.3, 0.4) is 0 Å². The van der Waals surface area contributed by atoms with Crippen LogP contribution in [-0.2, 0) is 12.8 Å². The second-order valence-corrected chi connectivity index (χ2v) is 6.00. The highest BCUT2D eigenvalue weighted by atomic mass is 32.1. The molecule has 1 N–H and O–H groups in total. The van der Waals surface area contributed by atoms with Crippen molar-refractivity contribution in [2.24, 2.45) is 0 Å². The standard InChI is InChI=1S/C16H22FN3S/c1-4-8-18-15(16-14(5-2)19-20-21-16)10-12-6-7-13(17)9-11(12)3/h6-7,9,15,18H,4-5,8,10H2,1-3H3. The summed E-state index contributed by atoms with van der Waals surface area (Å²) >= 11 is 1.46. The highest BCUT2D eigenvalue weighted by Crippen LogP contribution is 2.26.